The van der Waals surface area contributed by atoms with Crippen molar-refractivity contribution in [2.75, 3.05) is 20.1 Å². The van der Waals surface area contributed by atoms with Gasteiger partial charge in [-0.1, -0.05) is 36.4 Å². The van der Waals surface area contributed by atoms with Crippen LogP contribution >= 0.6 is 0 Å². The third-order valence-electron chi connectivity index (χ3n) is 5.23. The zero-order valence-corrected chi connectivity index (χ0v) is 15.5. The average Bonchev–Trinajstić information content (AvgIpc) is 3.24. The van der Waals surface area contributed by atoms with Crippen molar-refractivity contribution >= 4 is 5.91 Å². The van der Waals surface area contributed by atoms with E-state index in [1.807, 2.05) is 65.2 Å². The van der Waals surface area contributed by atoms with Gasteiger partial charge in [0.1, 0.15) is 0 Å². The van der Waals surface area contributed by atoms with Gasteiger partial charge in [0, 0.05) is 24.2 Å². The maximum Gasteiger partial charge on any atom is 0.253 e. The van der Waals surface area contributed by atoms with Crippen LogP contribution in [0.1, 0.15) is 23.2 Å². The van der Waals surface area contributed by atoms with Crippen molar-refractivity contribution in [3.8, 4) is 16.9 Å². The molecule has 5 nitrogen and oxygen atoms in total. The van der Waals surface area contributed by atoms with E-state index in [4.69, 9.17) is 0 Å². The summed E-state index contributed by atoms with van der Waals surface area (Å²) in [7, 11) is 1.91. The molecular weight excluding hydrogens is 336 g/mol. The number of benzene rings is 2. The topological polar surface area (TPSA) is 50.2 Å². The Hall–Kier alpha value is -2.92. The number of rotatable bonds is 4. The predicted octanol–water partition coefficient (Wildman–Crippen LogP) is 3.36. The Morgan fingerprint density at radius 1 is 1.07 bits per heavy atom. The highest BCUT2D eigenvalue weighted by Crippen LogP contribution is 2.23. The van der Waals surface area contributed by atoms with Crippen LogP contribution in [0.25, 0.3) is 16.9 Å². The summed E-state index contributed by atoms with van der Waals surface area (Å²) in [6.45, 7) is 1.94. The highest BCUT2D eigenvalue weighted by Gasteiger charge is 2.23. The number of aromatic nitrogens is 2. The van der Waals surface area contributed by atoms with Gasteiger partial charge in [-0.05, 0) is 50.2 Å². The Morgan fingerprint density at radius 3 is 2.63 bits per heavy atom. The molecule has 0 spiro atoms. The zero-order valence-electron chi connectivity index (χ0n) is 15.5. The molecule has 0 atom stereocenters. The lowest BCUT2D eigenvalue weighted by molar-refractivity contribution is 0.0703. The number of carbonyl (C=O) groups is 1. The van der Waals surface area contributed by atoms with Gasteiger partial charge in [0.2, 0.25) is 0 Å². The Balaban J connectivity index is 1.62. The van der Waals surface area contributed by atoms with Crippen LogP contribution in [0.5, 0.6) is 0 Å². The van der Waals surface area contributed by atoms with Gasteiger partial charge in [-0.15, -0.1) is 0 Å². The van der Waals surface area contributed by atoms with E-state index >= 15 is 0 Å². The van der Waals surface area contributed by atoms with Crippen molar-refractivity contribution in [3.63, 3.8) is 0 Å². The van der Waals surface area contributed by atoms with Crippen molar-refractivity contribution in [1.82, 2.24) is 20.0 Å². The number of hydrogen-bond donors (Lipinski definition) is 1. The van der Waals surface area contributed by atoms with Crippen molar-refractivity contribution in [2.45, 2.75) is 18.9 Å². The highest BCUT2D eigenvalue weighted by molar-refractivity contribution is 5.94. The summed E-state index contributed by atoms with van der Waals surface area (Å²) < 4.78 is 1.89. The van der Waals surface area contributed by atoms with Crippen molar-refractivity contribution in [2.24, 2.45) is 0 Å². The maximum atomic E-state index is 13.0. The van der Waals surface area contributed by atoms with Gasteiger partial charge in [0.15, 0.2) is 0 Å². The molecule has 5 heteroatoms. The van der Waals surface area contributed by atoms with Gasteiger partial charge in [0.05, 0.1) is 17.6 Å². The SMILES string of the molecule is CN(C(=O)c1cccc(-n2nccc2-c2ccccc2)c1)C1CCNCC1. The Kier molecular flexibility index (Phi) is 5.03. The van der Waals surface area contributed by atoms with E-state index in [1.54, 1.807) is 6.20 Å². The quantitative estimate of drug-likeness (QED) is 0.776. The molecule has 1 saturated heterocycles. The van der Waals surface area contributed by atoms with Crippen LogP contribution in [-0.4, -0.2) is 46.8 Å². The summed E-state index contributed by atoms with van der Waals surface area (Å²) >= 11 is 0. The lowest BCUT2D eigenvalue weighted by Crippen LogP contribution is -2.43. The average molecular weight is 360 g/mol. The van der Waals surface area contributed by atoms with Gasteiger partial charge < -0.3 is 10.2 Å². The molecule has 0 radical (unpaired) electrons. The van der Waals surface area contributed by atoms with E-state index in [2.05, 4.69) is 22.5 Å². The maximum absolute atomic E-state index is 13.0. The molecule has 1 aliphatic heterocycles. The third-order valence-corrected chi connectivity index (χ3v) is 5.23. The number of carbonyl (C=O) groups excluding carboxylic acids is 1. The molecule has 2 aromatic carbocycles. The summed E-state index contributed by atoms with van der Waals surface area (Å²) in [6, 6.07) is 20.2. The molecule has 0 aliphatic carbocycles. The molecule has 1 aromatic heterocycles. The van der Waals surface area contributed by atoms with Gasteiger partial charge in [-0.3, -0.25) is 4.79 Å². The molecule has 0 saturated carbocycles. The number of hydrogen-bond acceptors (Lipinski definition) is 3. The van der Waals surface area contributed by atoms with E-state index in [1.165, 1.54) is 0 Å². The molecule has 138 valence electrons. The molecule has 2 heterocycles. The monoisotopic (exact) mass is 360 g/mol. The fourth-order valence-electron chi connectivity index (χ4n) is 3.67. The number of amides is 1. The molecule has 1 aliphatic rings. The first-order valence-corrected chi connectivity index (χ1v) is 9.42. The molecule has 27 heavy (non-hydrogen) atoms. The minimum Gasteiger partial charge on any atom is -0.339 e. The Labute approximate surface area is 159 Å². The fraction of sp³-hybridized carbons (Fsp3) is 0.273. The van der Waals surface area contributed by atoms with Gasteiger partial charge in [-0.2, -0.15) is 5.10 Å². The summed E-state index contributed by atoms with van der Waals surface area (Å²) in [5, 5.41) is 7.83. The van der Waals surface area contributed by atoms with Crippen LogP contribution < -0.4 is 5.32 Å². The first kappa shape index (κ1) is 17.5. The molecule has 1 amide bonds. The lowest BCUT2D eigenvalue weighted by atomic mass is 10.0. The smallest absolute Gasteiger partial charge is 0.253 e. The van der Waals surface area contributed by atoms with Crippen LogP contribution in [0.4, 0.5) is 0 Å². The first-order valence-electron chi connectivity index (χ1n) is 9.42. The van der Waals surface area contributed by atoms with Crippen LogP contribution in [0.3, 0.4) is 0 Å². The van der Waals surface area contributed by atoms with E-state index < -0.39 is 0 Å². The van der Waals surface area contributed by atoms with Crippen LogP contribution in [0, 0.1) is 0 Å². The summed E-state index contributed by atoms with van der Waals surface area (Å²) in [5.74, 6) is 0.0668. The highest BCUT2D eigenvalue weighted by atomic mass is 16.2. The molecule has 0 unspecified atom stereocenters. The third kappa shape index (κ3) is 3.64. The molecule has 1 N–H and O–H groups in total. The van der Waals surface area contributed by atoms with E-state index in [9.17, 15) is 4.79 Å². The minimum absolute atomic E-state index is 0.0668. The van der Waals surface area contributed by atoms with Crippen LogP contribution in [0.15, 0.2) is 66.9 Å². The molecule has 1 fully saturated rings. The largest absolute Gasteiger partial charge is 0.339 e. The van der Waals surface area contributed by atoms with E-state index in [-0.39, 0.29) is 5.91 Å². The second kappa shape index (κ2) is 7.76. The standard InChI is InChI=1S/C22H24N4O/c1-25(19-10-13-23-14-11-19)22(27)18-8-5-9-20(16-18)26-21(12-15-24-26)17-6-3-2-4-7-17/h2-9,12,15-16,19,23H,10-11,13-14H2,1H3. The Morgan fingerprint density at radius 2 is 1.85 bits per heavy atom. The summed E-state index contributed by atoms with van der Waals surface area (Å²) in [6.07, 6.45) is 3.79. The summed E-state index contributed by atoms with van der Waals surface area (Å²) in [4.78, 5) is 14.9. The van der Waals surface area contributed by atoms with Gasteiger partial charge >= 0.3 is 0 Å². The molecular formula is C22H24N4O. The van der Waals surface area contributed by atoms with Crippen molar-refractivity contribution in [3.05, 3.63) is 72.4 Å². The van der Waals surface area contributed by atoms with Gasteiger partial charge in [0.25, 0.3) is 5.91 Å². The second-order valence-corrected chi connectivity index (χ2v) is 6.94. The number of piperidine rings is 1. The normalized spacial score (nSPS) is 14.9. The van der Waals surface area contributed by atoms with Crippen molar-refractivity contribution in [1.29, 1.82) is 0 Å². The lowest BCUT2D eigenvalue weighted by Gasteiger charge is -2.31. The van der Waals surface area contributed by atoms with Gasteiger partial charge in [-0.25, -0.2) is 4.68 Å². The van der Waals surface area contributed by atoms with E-state index in [0.717, 1.165) is 42.9 Å². The second-order valence-electron chi connectivity index (χ2n) is 6.94. The number of nitrogens with zero attached hydrogens (tertiary/aromatic N) is 3. The minimum atomic E-state index is 0.0668. The first-order chi connectivity index (χ1) is 13.2. The predicted molar refractivity (Wildman–Crippen MR) is 107 cm³/mol. The van der Waals surface area contributed by atoms with Crippen molar-refractivity contribution < 1.29 is 4.79 Å². The fourth-order valence-corrected chi connectivity index (χ4v) is 3.67. The molecule has 4 rings (SSSR count). The van der Waals surface area contributed by atoms with E-state index in [0.29, 0.717) is 11.6 Å². The molecule has 3 aromatic rings. The zero-order chi connectivity index (χ0) is 18.6. The Bertz CT molecular complexity index is 913. The van der Waals surface area contributed by atoms with Crippen LogP contribution in [0.2, 0.25) is 0 Å². The number of nitrogens with one attached hydrogen (secondary N) is 1. The van der Waals surface area contributed by atoms with Crippen LogP contribution in [-0.2, 0) is 0 Å². The summed E-state index contributed by atoms with van der Waals surface area (Å²) in [5.41, 5.74) is 3.69. The molecule has 0 bridgehead atoms.